The van der Waals surface area contributed by atoms with Gasteiger partial charge in [0.1, 0.15) is 4.90 Å². The molecule has 2 N–H and O–H groups in total. The lowest BCUT2D eigenvalue weighted by molar-refractivity contribution is -0.120. The van der Waals surface area contributed by atoms with E-state index in [0.29, 0.717) is 16.6 Å². The van der Waals surface area contributed by atoms with Crippen LogP contribution in [0.25, 0.3) is 10.9 Å². The van der Waals surface area contributed by atoms with Crippen molar-refractivity contribution in [1.82, 2.24) is 19.8 Å². The number of hydrogen-bond donors (Lipinski definition) is 2. The normalized spacial score (nSPS) is 17.2. The number of allylic oxidation sites excluding steroid dienone is 3. The largest absolute Gasteiger partial charge is 0.325 e. The molecule has 1 unspecified atom stereocenters. The van der Waals surface area contributed by atoms with Crippen LogP contribution in [0.4, 0.5) is 0 Å². The number of ketones is 1. The maximum Gasteiger partial charge on any atom is 0.245 e. The Morgan fingerprint density at radius 3 is 2.72 bits per heavy atom. The van der Waals surface area contributed by atoms with Gasteiger partial charge in [-0.3, -0.25) is 14.7 Å². The summed E-state index contributed by atoms with van der Waals surface area (Å²) in [6.45, 7) is 6.60. The monoisotopic (exact) mass is 416 g/mol. The molecule has 0 fully saturated rings. The average Bonchev–Trinajstić information content (AvgIpc) is 3.09. The van der Waals surface area contributed by atoms with Gasteiger partial charge in [0.05, 0.1) is 18.3 Å². The van der Waals surface area contributed by atoms with E-state index >= 15 is 0 Å². The Balaban J connectivity index is 1.88. The molecule has 0 saturated heterocycles. The lowest BCUT2D eigenvalue weighted by atomic mass is 10.0. The van der Waals surface area contributed by atoms with E-state index in [4.69, 9.17) is 0 Å². The van der Waals surface area contributed by atoms with Crippen LogP contribution in [0.2, 0.25) is 0 Å². The van der Waals surface area contributed by atoms with Gasteiger partial charge in [0.2, 0.25) is 15.9 Å². The standard InChI is InChI=1S/C20H24N4O4S/c1-12(2)24(11-19(26)22-16-6-5-14(4)17(25)9-16)29(27,28)18-8-13(3)7-15-10-21-23-20(15)18/h5-10,12,14H,11H2,1-4H3,(H,21,23)(H,22,26). The first-order chi connectivity index (χ1) is 13.6. The first-order valence-corrected chi connectivity index (χ1v) is 10.7. The summed E-state index contributed by atoms with van der Waals surface area (Å²) in [7, 11) is -3.98. The minimum absolute atomic E-state index is 0.0762. The Bertz CT molecular complexity index is 1130. The summed E-state index contributed by atoms with van der Waals surface area (Å²) in [5.41, 5.74) is 1.53. The fraction of sp³-hybridized carbons (Fsp3) is 0.350. The highest BCUT2D eigenvalue weighted by Crippen LogP contribution is 2.27. The molecule has 154 valence electrons. The van der Waals surface area contributed by atoms with Crippen molar-refractivity contribution < 1.29 is 18.0 Å². The lowest BCUT2D eigenvalue weighted by Gasteiger charge is -2.26. The summed E-state index contributed by atoms with van der Waals surface area (Å²) in [6.07, 6.45) is 6.25. The number of amides is 1. The number of benzene rings is 1. The zero-order valence-corrected chi connectivity index (χ0v) is 17.6. The van der Waals surface area contributed by atoms with Crippen LogP contribution in [-0.4, -0.2) is 47.2 Å². The van der Waals surface area contributed by atoms with Gasteiger partial charge >= 0.3 is 0 Å². The van der Waals surface area contributed by atoms with E-state index in [1.165, 1.54) is 6.08 Å². The number of carbonyl (C=O) groups is 2. The van der Waals surface area contributed by atoms with Gasteiger partial charge < -0.3 is 5.32 Å². The van der Waals surface area contributed by atoms with Gasteiger partial charge in [-0.05, 0) is 44.5 Å². The maximum absolute atomic E-state index is 13.4. The number of aryl methyl sites for hydroxylation is 1. The molecule has 1 atom stereocenters. The van der Waals surface area contributed by atoms with E-state index in [2.05, 4.69) is 15.5 Å². The quantitative estimate of drug-likeness (QED) is 0.748. The molecular formula is C20H24N4O4S. The number of H-pyrrole nitrogens is 1. The van der Waals surface area contributed by atoms with Crippen molar-refractivity contribution in [1.29, 1.82) is 0 Å². The van der Waals surface area contributed by atoms with Crippen molar-refractivity contribution in [3.8, 4) is 0 Å². The van der Waals surface area contributed by atoms with E-state index < -0.39 is 22.0 Å². The Hall–Kier alpha value is -2.78. The molecule has 1 aliphatic carbocycles. The molecule has 0 spiro atoms. The Morgan fingerprint density at radius 2 is 2.07 bits per heavy atom. The van der Waals surface area contributed by atoms with Gasteiger partial charge in [0, 0.05) is 29.1 Å². The van der Waals surface area contributed by atoms with Gasteiger partial charge in [0.25, 0.3) is 0 Å². The number of fused-ring (bicyclic) bond motifs is 1. The summed E-state index contributed by atoms with van der Waals surface area (Å²) in [4.78, 5) is 24.4. The molecule has 1 aromatic carbocycles. The molecule has 1 amide bonds. The number of nitrogens with one attached hydrogen (secondary N) is 2. The first kappa shape index (κ1) is 20.9. The fourth-order valence-electron chi connectivity index (χ4n) is 3.14. The Morgan fingerprint density at radius 1 is 1.34 bits per heavy atom. The molecule has 1 heterocycles. The van der Waals surface area contributed by atoms with E-state index in [1.54, 1.807) is 52.1 Å². The number of rotatable bonds is 6. The Kier molecular flexibility index (Phi) is 5.72. The predicted molar refractivity (Wildman–Crippen MR) is 109 cm³/mol. The highest BCUT2D eigenvalue weighted by Gasteiger charge is 2.31. The maximum atomic E-state index is 13.4. The first-order valence-electron chi connectivity index (χ1n) is 9.28. The van der Waals surface area contributed by atoms with Gasteiger partial charge in [-0.1, -0.05) is 13.0 Å². The summed E-state index contributed by atoms with van der Waals surface area (Å²) in [5.74, 6) is -0.868. The molecule has 29 heavy (non-hydrogen) atoms. The Labute approximate surface area is 169 Å². The third-order valence-corrected chi connectivity index (χ3v) is 6.76. The van der Waals surface area contributed by atoms with Crippen LogP contribution < -0.4 is 5.32 Å². The number of aromatic amines is 1. The predicted octanol–water partition coefficient (Wildman–Crippen LogP) is 2.05. The van der Waals surface area contributed by atoms with Crippen LogP contribution in [0.3, 0.4) is 0 Å². The molecule has 1 aliphatic rings. The summed E-state index contributed by atoms with van der Waals surface area (Å²) < 4.78 is 27.9. The van der Waals surface area contributed by atoms with Crippen molar-refractivity contribution in [3.63, 3.8) is 0 Å². The second-order valence-corrected chi connectivity index (χ2v) is 9.30. The van der Waals surface area contributed by atoms with Crippen LogP contribution in [0.1, 0.15) is 26.3 Å². The molecule has 2 aromatic rings. The summed E-state index contributed by atoms with van der Waals surface area (Å²) >= 11 is 0. The third kappa shape index (κ3) is 4.30. The van der Waals surface area contributed by atoms with Crippen LogP contribution in [0.5, 0.6) is 0 Å². The van der Waals surface area contributed by atoms with E-state index in [-0.39, 0.29) is 23.1 Å². The minimum atomic E-state index is -3.98. The van der Waals surface area contributed by atoms with Gasteiger partial charge in [-0.25, -0.2) is 8.42 Å². The number of nitrogens with zero attached hydrogens (tertiary/aromatic N) is 2. The molecule has 0 bridgehead atoms. The van der Waals surface area contributed by atoms with Crippen molar-refractivity contribution in [3.05, 3.63) is 47.8 Å². The highest BCUT2D eigenvalue weighted by atomic mass is 32.2. The van der Waals surface area contributed by atoms with Gasteiger partial charge in [0.15, 0.2) is 5.78 Å². The fourth-order valence-corrected chi connectivity index (χ4v) is 4.99. The van der Waals surface area contributed by atoms with Crippen LogP contribution in [-0.2, 0) is 19.6 Å². The molecule has 0 radical (unpaired) electrons. The van der Waals surface area contributed by atoms with Crippen LogP contribution in [0, 0.1) is 12.8 Å². The number of sulfonamides is 1. The van der Waals surface area contributed by atoms with Crippen LogP contribution in [0.15, 0.2) is 47.2 Å². The number of aromatic nitrogens is 2. The van der Waals surface area contributed by atoms with E-state index in [9.17, 15) is 18.0 Å². The van der Waals surface area contributed by atoms with Crippen molar-refractivity contribution in [2.24, 2.45) is 5.92 Å². The third-order valence-electron chi connectivity index (χ3n) is 4.71. The molecule has 3 rings (SSSR count). The highest BCUT2D eigenvalue weighted by molar-refractivity contribution is 7.89. The molecule has 0 aliphatic heterocycles. The molecule has 1 aromatic heterocycles. The van der Waals surface area contributed by atoms with E-state index in [1.807, 2.05) is 6.07 Å². The second kappa shape index (κ2) is 7.92. The topological polar surface area (TPSA) is 112 Å². The summed E-state index contributed by atoms with van der Waals surface area (Å²) in [6, 6.07) is 2.95. The average molecular weight is 417 g/mol. The SMILES string of the molecule is Cc1cc(S(=O)(=O)N(CC(=O)NC2=CC(=O)C(C)C=C2)C(C)C)c2[nH]ncc2c1. The zero-order valence-electron chi connectivity index (χ0n) is 16.8. The molecular weight excluding hydrogens is 392 g/mol. The van der Waals surface area contributed by atoms with E-state index in [0.717, 1.165) is 9.87 Å². The van der Waals surface area contributed by atoms with Gasteiger partial charge in [-0.15, -0.1) is 0 Å². The minimum Gasteiger partial charge on any atom is -0.325 e. The number of hydrogen-bond acceptors (Lipinski definition) is 5. The smallest absolute Gasteiger partial charge is 0.245 e. The number of carbonyl (C=O) groups excluding carboxylic acids is 2. The van der Waals surface area contributed by atoms with Crippen molar-refractivity contribution in [2.45, 2.75) is 38.6 Å². The molecule has 9 heteroatoms. The van der Waals surface area contributed by atoms with Crippen LogP contribution >= 0.6 is 0 Å². The second-order valence-electron chi connectivity index (χ2n) is 7.44. The lowest BCUT2D eigenvalue weighted by Crippen LogP contribution is -2.44. The van der Waals surface area contributed by atoms with Crippen molar-refractivity contribution in [2.75, 3.05) is 6.54 Å². The van der Waals surface area contributed by atoms with Crippen molar-refractivity contribution >= 4 is 32.6 Å². The molecule has 8 nitrogen and oxygen atoms in total. The zero-order chi connectivity index (χ0) is 21.3. The van der Waals surface area contributed by atoms with Gasteiger partial charge in [-0.2, -0.15) is 9.40 Å². The summed E-state index contributed by atoms with van der Waals surface area (Å²) in [5, 5.41) is 9.96. The molecule has 0 saturated carbocycles.